The summed E-state index contributed by atoms with van der Waals surface area (Å²) in [6.45, 7) is -0.197. The predicted octanol–water partition coefficient (Wildman–Crippen LogP) is 4.52. The fourth-order valence-electron chi connectivity index (χ4n) is 2.16. The lowest BCUT2D eigenvalue weighted by Gasteiger charge is -2.06. The summed E-state index contributed by atoms with van der Waals surface area (Å²) in [7, 11) is 0. The predicted molar refractivity (Wildman–Crippen MR) is 76.7 cm³/mol. The molecule has 0 unspecified atom stereocenters. The van der Waals surface area contributed by atoms with Gasteiger partial charge in [-0.05, 0) is 38.0 Å². The van der Waals surface area contributed by atoms with Gasteiger partial charge in [0.2, 0.25) is 0 Å². The monoisotopic (exact) mass is 236 g/mol. The molecule has 0 aliphatic carbocycles. The Hall–Kier alpha value is -2.15. The van der Waals surface area contributed by atoms with Crippen LogP contribution in [0.25, 0.3) is 22.2 Å². The Morgan fingerprint density at radius 3 is 2.67 bits per heavy atom. The SMILES string of the molecule is [2H]C([2H])([2H])c1cc(C)cc(-c2ccc3ccccc3n2)c1. The van der Waals surface area contributed by atoms with Crippen LogP contribution < -0.4 is 0 Å². The highest BCUT2D eigenvalue weighted by Gasteiger charge is 2.02. The van der Waals surface area contributed by atoms with Crippen LogP contribution in [0.1, 0.15) is 15.2 Å². The maximum Gasteiger partial charge on any atom is 0.0709 e. The third-order valence-corrected chi connectivity index (χ3v) is 2.97. The second-order valence-corrected chi connectivity index (χ2v) is 4.48. The summed E-state index contributed by atoms with van der Waals surface area (Å²) in [5.41, 5.74) is 3.82. The van der Waals surface area contributed by atoms with Gasteiger partial charge in [-0.15, -0.1) is 0 Å². The lowest BCUT2D eigenvalue weighted by atomic mass is 10.0. The summed E-state index contributed by atoms with van der Waals surface area (Å²) in [6, 6.07) is 17.2. The first-order valence-corrected chi connectivity index (χ1v) is 5.92. The Kier molecular flexibility index (Phi) is 1.90. The van der Waals surface area contributed by atoms with E-state index in [1.54, 1.807) is 12.1 Å². The van der Waals surface area contributed by atoms with Crippen molar-refractivity contribution >= 4 is 10.9 Å². The average molecular weight is 236 g/mol. The lowest BCUT2D eigenvalue weighted by Crippen LogP contribution is -1.87. The Bertz CT molecular complexity index is 806. The van der Waals surface area contributed by atoms with E-state index in [4.69, 9.17) is 4.11 Å². The summed E-state index contributed by atoms with van der Waals surface area (Å²) >= 11 is 0. The number of aromatic nitrogens is 1. The molecule has 0 spiro atoms. The summed E-state index contributed by atoms with van der Waals surface area (Å²) in [4.78, 5) is 4.63. The molecule has 0 radical (unpaired) electrons. The van der Waals surface area contributed by atoms with Crippen LogP contribution in [0.2, 0.25) is 0 Å². The zero-order chi connectivity index (χ0) is 15.0. The van der Waals surface area contributed by atoms with E-state index in [9.17, 15) is 0 Å². The number of para-hydroxylation sites is 1. The molecule has 3 aromatic rings. The van der Waals surface area contributed by atoms with Crippen LogP contribution in [0.4, 0.5) is 0 Å². The van der Waals surface area contributed by atoms with Crippen LogP contribution >= 0.6 is 0 Å². The molecule has 0 amide bonds. The van der Waals surface area contributed by atoms with E-state index < -0.39 is 6.85 Å². The van der Waals surface area contributed by atoms with Crippen molar-refractivity contribution in [2.75, 3.05) is 0 Å². The zero-order valence-electron chi connectivity index (χ0n) is 13.1. The zero-order valence-corrected chi connectivity index (χ0v) is 10.1. The second-order valence-electron chi connectivity index (χ2n) is 4.48. The highest BCUT2D eigenvalue weighted by Crippen LogP contribution is 2.23. The Balaban J connectivity index is 2.16. The molecular formula is C17H15N. The minimum atomic E-state index is -2.10. The van der Waals surface area contributed by atoms with Crippen molar-refractivity contribution in [2.24, 2.45) is 0 Å². The number of hydrogen-bond donors (Lipinski definition) is 0. The minimum absolute atomic E-state index is 0.354. The molecule has 3 rings (SSSR count). The number of aryl methyl sites for hydroxylation is 2. The van der Waals surface area contributed by atoms with Crippen molar-refractivity contribution in [2.45, 2.75) is 13.8 Å². The molecule has 1 heteroatoms. The molecule has 1 heterocycles. The molecule has 18 heavy (non-hydrogen) atoms. The number of pyridine rings is 1. The van der Waals surface area contributed by atoms with Crippen LogP contribution in [0, 0.1) is 13.8 Å². The number of rotatable bonds is 1. The fraction of sp³-hybridized carbons (Fsp3) is 0.118. The van der Waals surface area contributed by atoms with Gasteiger partial charge in [0.25, 0.3) is 0 Å². The number of fused-ring (bicyclic) bond motifs is 1. The highest BCUT2D eigenvalue weighted by atomic mass is 14.7. The van der Waals surface area contributed by atoms with Gasteiger partial charge in [-0.1, -0.05) is 41.5 Å². The van der Waals surface area contributed by atoms with Crippen LogP contribution in [0.3, 0.4) is 0 Å². The Labute approximate surface area is 111 Å². The molecule has 0 saturated carbocycles. The first kappa shape index (κ1) is 8.04. The van der Waals surface area contributed by atoms with Crippen LogP contribution in [-0.2, 0) is 0 Å². The molecule has 0 fully saturated rings. The van der Waals surface area contributed by atoms with Gasteiger partial charge in [-0.3, -0.25) is 0 Å². The van der Waals surface area contributed by atoms with Gasteiger partial charge in [0.1, 0.15) is 0 Å². The summed E-state index contributed by atoms with van der Waals surface area (Å²) in [5.74, 6) is 0. The van der Waals surface area contributed by atoms with Gasteiger partial charge in [0.05, 0.1) is 11.2 Å². The molecule has 1 aromatic heterocycles. The van der Waals surface area contributed by atoms with Crippen molar-refractivity contribution in [1.82, 2.24) is 4.98 Å². The minimum Gasteiger partial charge on any atom is -0.248 e. The van der Waals surface area contributed by atoms with E-state index in [1.807, 2.05) is 49.4 Å². The smallest absolute Gasteiger partial charge is 0.0709 e. The van der Waals surface area contributed by atoms with E-state index in [-0.39, 0.29) is 0 Å². The van der Waals surface area contributed by atoms with E-state index in [2.05, 4.69) is 4.98 Å². The molecular weight excluding hydrogens is 218 g/mol. The first-order valence-electron chi connectivity index (χ1n) is 7.42. The largest absolute Gasteiger partial charge is 0.248 e. The third-order valence-electron chi connectivity index (χ3n) is 2.97. The second kappa shape index (κ2) is 4.26. The van der Waals surface area contributed by atoms with E-state index in [1.165, 1.54) is 0 Å². The van der Waals surface area contributed by atoms with Crippen LogP contribution in [0.15, 0.2) is 54.6 Å². The maximum absolute atomic E-state index is 7.57. The lowest BCUT2D eigenvalue weighted by molar-refractivity contribution is 1.34. The fourth-order valence-corrected chi connectivity index (χ4v) is 2.16. The van der Waals surface area contributed by atoms with E-state index in [0.29, 0.717) is 5.56 Å². The maximum atomic E-state index is 7.57. The normalized spacial score (nSPS) is 13.9. The quantitative estimate of drug-likeness (QED) is 0.605. The Morgan fingerprint density at radius 1 is 0.944 bits per heavy atom. The van der Waals surface area contributed by atoms with Gasteiger partial charge in [0.15, 0.2) is 0 Å². The first-order chi connectivity index (χ1) is 9.93. The average Bonchev–Trinajstić information content (AvgIpc) is 2.45. The summed E-state index contributed by atoms with van der Waals surface area (Å²) < 4.78 is 22.7. The molecule has 0 atom stereocenters. The van der Waals surface area contributed by atoms with Gasteiger partial charge >= 0.3 is 0 Å². The third kappa shape index (κ3) is 2.00. The molecule has 0 aliphatic heterocycles. The molecule has 2 aromatic carbocycles. The van der Waals surface area contributed by atoms with E-state index >= 15 is 0 Å². The van der Waals surface area contributed by atoms with Gasteiger partial charge < -0.3 is 0 Å². The van der Waals surface area contributed by atoms with Crippen LogP contribution in [-0.4, -0.2) is 4.98 Å². The van der Waals surface area contributed by atoms with Gasteiger partial charge in [-0.2, -0.15) is 0 Å². The van der Waals surface area contributed by atoms with Crippen molar-refractivity contribution in [1.29, 1.82) is 0 Å². The van der Waals surface area contributed by atoms with Gasteiger partial charge in [-0.25, -0.2) is 4.98 Å². The van der Waals surface area contributed by atoms with Crippen LogP contribution in [0.5, 0.6) is 0 Å². The molecule has 0 N–H and O–H groups in total. The number of hydrogen-bond acceptors (Lipinski definition) is 1. The summed E-state index contributed by atoms with van der Waals surface area (Å²) in [6.07, 6.45) is 0. The van der Waals surface area contributed by atoms with Crippen molar-refractivity contribution < 1.29 is 4.11 Å². The molecule has 88 valence electrons. The molecule has 0 saturated heterocycles. The molecule has 1 nitrogen and oxygen atoms in total. The molecule has 0 aliphatic rings. The van der Waals surface area contributed by atoms with E-state index in [0.717, 1.165) is 27.7 Å². The topological polar surface area (TPSA) is 12.9 Å². The van der Waals surface area contributed by atoms with Crippen molar-refractivity contribution in [3.63, 3.8) is 0 Å². The standard InChI is InChI=1S/C17H15N/c1-12-9-13(2)11-15(10-12)17-8-7-14-5-3-4-6-16(14)18-17/h3-11H,1-2H3/i1D3. The number of benzene rings is 2. The number of nitrogens with zero attached hydrogens (tertiary/aromatic N) is 1. The Morgan fingerprint density at radius 2 is 1.78 bits per heavy atom. The van der Waals surface area contributed by atoms with Gasteiger partial charge in [0, 0.05) is 15.1 Å². The van der Waals surface area contributed by atoms with Crippen molar-refractivity contribution in [3.05, 3.63) is 65.7 Å². The summed E-state index contributed by atoms with van der Waals surface area (Å²) in [5, 5.41) is 1.07. The molecule has 0 bridgehead atoms. The highest BCUT2D eigenvalue weighted by molar-refractivity contribution is 5.81. The van der Waals surface area contributed by atoms with Crippen molar-refractivity contribution in [3.8, 4) is 11.3 Å².